The van der Waals surface area contributed by atoms with Gasteiger partial charge in [-0.1, -0.05) is 74.4 Å². The second kappa shape index (κ2) is 18.4. The van der Waals surface area contributed by atoms with Gasteiger partial charge in [-0.25, -0.2) is 28.7 Å². The zero-order valence-corrected chi connectivity index (χ0v) is 32.8. The van der Waals surface area contributed by atoms with Crippen molar-refractivity contribution in [3.63, 3.8) is 0 Å². The number of nitrogens with zero attached hydrogens (tertiary/aromatic N) is 6. The first kappa shape index (κ1) is 39.5. The Bertz CT molecular complexity index is 1920. The van der Waals surface area contributed by atoms with Gasteiger partial charge in [-0.05, 0) is 88.1 Å². The maximum Gasteiger partial charge on any atom is 0.445 e. The van der Waals surface area contributed by atoms with Gasteiger partial charge in [-0.15, -0.1) is 0 Å². The van der Waals surface area contributed by atoms with Crippen LogP contribution in [0.3, 0.4) is 0 Å². The van der Waals surface area contributed by atoms with Crippen LogP contribution in [0.2, 0.25) is 0 Å². The van der Waals surface area contributed by atoms with Crippen molar-refractivity contribution in [1.29, 1.82) is 0 Å². The molecule has 6 rings (SSSR count). The minimum Gasteiger partial charge on any atom is -0.297 e. The number of imidazole rings is 2. The van der Waals surface area contributed by atoms with E-state index >= 15 is 0 Å². The van der Waals surface area contributed by atoms with Crippen LogP contribution in [-0.2, 0) is 22.5 Å². The molecule has 0 radical (unpaired) electrons. The number of ketones is 2. The Morgan fingerprint density at radius 3 is 1.33 bits per heavy atom. The minimum atomic E-state index is -0.690. The minimum absolute atomic E-state index is 0.0925. The van der Waals surface area contributed by atoms with E-state index in [0.717, 1.165) is 74.0 Å². The first-order valence-electron chi connectivity index (χ1n) is 19.3. The number of aryl methyl sites for hydroxylation is 4. The summed E-state index contributed by atoms with van der Waals surface area (Å²) in [4.78, 5) is 74.7. The molecular weight excluding hydrogens is 717 g/mol. The van der Waals surface area contributed by atoms with Crippen molar-refractivity contribution in [1.82, 2.24) is 19.1 Å². The van der Waals surface area contributed by atoms with E-state index in [-0.39, 0.29) is 34.8 Å². The van der Waals surface area contributed by atoms with Crippen LogP contribution in [-0.4, -0.2) is 54.3 Å². The van der Waals surface area contributed by atoms with Gasteiger partial charge in [0.2, 0.25) is 11.6 Å². The van der Waals surface area contributed by atoms with Crippen molar-refractivity contribution in [2.75, 3.05) is 0 Å². The summed E-state index contributed by atoms with van der Waals surface area (Å²) in [7, 11) is 0. The Morgan fingerprint density at radius 2 is 0.982 bits per heavy atom. The maximum absolute atomic E-state index is 13.8. The first-order chi connectivity index (χ1) is 26.6. The number of carbonyl (C=O) groups excluding carboxylic acids is 4. The molecule has 2 aromatic carbocycles. The predicted octanol–water partition coefficient (Wildman–Crippen LogP) is 9.58. The van der Waals surface area contributed by atoms with E-state index in [0.29, 0.717) is 47.0 Å². The normalized spacial score (nSPS) is 15.9. The fourth-order valence-electron chi connectivity index (χ4n) is 7.31. The Balaban J connectivity index is 1.14. The highest BCUT2D eigenvalue weighted by Gasteiger charge is 2.29. The number of aromatic nitrogens is 4. The molecule has 55 heavy (non-hydrogen) atoms. The van der Waals surface area contributed by atoms with Crippen LogP contribution in [0.25, 0.3) is 0 Å². The number of Topliss-reactive ketones (excluding diaryl/α,β-unsaturated/α-hetero) is 2. The third-order valence-electron chi connectivity index (χ3n) is 10.2. The van der Waals surface area contributed by atoms with E-state index in [4.69, 9.17) is 9.68 Å². The summed E-state index contributed by atoms with van der Waals surface area (Å²) in [6.07, 6.45) is 12.3. The maximum atomic E-state index is 13.8. The molecule has 12 nitrogen and oxygen atoms in total. The van der Waals surface area contributed by atoms with Gasteiger partial charge in [-0.2, -0.15) is 0 Å². The molecule has 13 heteroatoms. The van der Waals surface area contributed by atoms with E-state index in [1.165, 1.54) is 20.9 Å². The first-order valence-corrected chi connectivity index (χ1v) is 20.1. The van der Waals surface area contributed by atoms with E-state index in [1.807, 2.05) is 38.1 Å². The van der Waals surface area contributed by atoms with Gasteiger partial charge >= 0.3 is 12.2 Å². The third kappa shape index (κ3) is 9.74. The van der Waals surface area contributed by atoms with Crippen molar-refractivity contribution in [3.8, 4) is 0 Å². The van der Waals surface area contributed by atoms with Crippen LogP contribution in [0.4, 0.5) is 9.59 Å². The van der Waals surface area contributed by atoms with E-state index in [2.05, 4.69) is 20.3 Å². The number of oxime groups is 2. The Kier molecular flexibility index (Phi) is 13.3. The zero-order valence-electron chi connectivity index (χ0n) is 32.0. The summed E-state index contributed by atoms with van der Waals surface area (Å²) >= 11 is 1.50. The highest BCUT2D eigenvalue weighted by Crippen LogP contribution is 2.31. The number of benzene rings is 2. The van der Waals surface area contributed by atoms with E-state index in [1.54, 1.807) is 50.5 Å². The van der Waals surface area contributed by atoms with Crippen molar-refractivity contribution in [3.05, 3.63) is 95.1 Å². The Morgan fingerprint density at radius 1 is 0.618 bits per heavy atom. The number of rotatable bonds is 12. The molecule has 0 saturated heterocycles. The highest BCUT2D eigenvalue weighted by molar-refractivity contribution is 7.99. The molecule has 0 bridgehead atoms. The molecule has 2 saturated carbocycles. The lowest BCUT2D eigenvalue weighted by molar-refractivity contribution is 0.103. The highest BCUT2D eigenvalue weighted by atomic mass is 32.2. The lowest BCUT2D eigenvalue weighted by Gasteiger charge is -2.22. The topological polar surface area (TPSA) is 147 Å². The van der Waals surface area contributed by atoms with Crippen LogP contribution in [0, 0.1) is 25.7 Å². The van der Waals surface area contributed by atoms with Gasteiger partial charge < -0.3 is 0 Å². The van der Waals surface area contributed by atoms with Crippen molar-refractivity contribution in [2.24, 2.45) is 22.1 Å². The van der Waals surface area contributed by atoms with Crippen molar-refractivity contribution in [2.45, 2.75) is 115 Å². The molecule has 0 unspecified atom stereocenters. The SMILES string of the molecule is CCc1nc(C)cn1C(=O)O/N=C(/C(=O)c1ccc(Sc2ccc(C(=O)/C(=N/OC(=O)n3cc(C)nc3CC)C3CCCCC3)cc2)cc1)C1CCCCC1. The lowest BCUT2D eigenvalue weighted by Crippen LogP contribution is -2.27. The standard InChI is InChI=1S/C42H48N6O6S/c1-5-35-43-27(3)25-47(35)41(51)53-45-37(29-13-9-7-10-14-29)39(49)31-17-21-33(22-18-31)55-34-23-19-32(20-24-34)40(50)38(30-15-11-8-12-16-30)46-54-42(52)48-26-28(4)44-36(48)6-2/h17-26,29-30H,5-16H2,1-4H3/b45-37+,46-38+. The molecule has 0 spiro atoms. The fraction of sp³-hybridized carbons (Fsp3) is 0.429. The summed E-state index contributed by atoms with van der Waals surface area (Å²) < 4.78 is 2.67. The van der Waals surface area contributed by atoms with Gasteiger partial charge in [0, 0.05) is 58.0 Å². The molecule has 0 aliphatic heterocycles. The van der Waals surface area contributed by atoms with Crippen molar-refractivity contribution < 1.29 is 28.9 Å². The molecule has 2 fully saturated rings. The summed E-state index contributed by atoms with van der Waals surface area (Å²) in [5.41, 5.74) is 2.84. The molecule has 2 aliphatic rings. The van der Waals surface area contributed by atoms with Crippen LogP contribution in [0.5, 0.6) is 0 Å². The molecule has 288 valence electrons. The summed E-state index contributed by atoms with van der Waals surface area (Å²) in [5.74, 6) is 0.435. The van der Waals surface area contributed by atoms with E-state index < -0.39 is 12.2 Å². The second-order valence-corrected chi connectivity index (χ2v) is 15.3. The number of hydrogen-bond donors (Lipinski definition) is 0. The van der Waals surface area contributed by atoms with E-state index in [9.17, 15) is 19.2 Å². The Labute approximate surface area is 325 Å². The number of hydrogen-bond acceptors (Lipinski definition) is 11. The monoisotopic (exact) mass is 764 g/mol. The van der Waals surface area contributed by atoms with Gasteiger partial charge in [0.1, 0.15) is 23.1 Å². The van der Waals surface area contributed by atoms with Crippen LogP contribution in [0.15, 0.2) is 81.0 Å². The van der Waals surface area contributed by atoms with Crippen LogP contribution in [0.1, 0.15) is 122 Å². The average Bonchev–Trinajstić information content (AvgIpc) is 3.80. The van der Waals surface area contributed by atoms with Gasteiger partial charge in [0.05, 0.1) is 11.4 Å². The smallest absolute Gasteiger partial charge is 0.297 e. The zero-order chi connectivity index (χ0) is 38.9. The summed E-state index contributed by atoms with van der Waals surface area (Å²) in [5, 5.41) is 8.36. The molecule has 2 aliphatic carbocycles. The quantitative estimate of drug-likeness (QED) is 0.0595. The fourth-order valence-corrected chi connectivity index (χ4v) is 8.13. The predicted molar refractivity (Wildman–Crippen MR) is 210 cm³/mol. The summed E-state index contributed by atoms with van der Waals surface area (Å²) in [6.45, 7) is 7.42. The largest absolute Gasteiger partial charge is 0.445 e. The lowest BCUT2D eigenvalue weighted by atomic mass is 9.83. The van der Waals surface area contributed by atoms with Crippen LogP contribution < -0.4 is 0 Å². The molecule has 0 amide bonds. The molecule has 0 N–H and O–H groups in total. The van der Waals surface area contributed by atoms with Crippen LogP contribution >= 0.6 is 11.8 Å². The third-order valence-corrected chi connectivity index (χ3v) is 11.2. The average molecular weight is 765 g/mol. The molecular formula is C42H48N6O6S. The molecule has 4 aromatic rings. The van der Waals surface area contributed by atoms with Crippen molar-refractivity contribution >= 4 is 46.9 Å². The number of carbonyl (C=O) groups is 4. The molecule has 2 aromatic heterocycles. The molecule has 2 heterocycles. The second-order valence-electron chi connectivity index (χ2n) is 14.2. The molecule has 0 atom stereocenters. The van der Waals surface area contributed by atoms with Gasteiger partial charge in [0.15, 0.2) is 0 Å². The Hall–Kier alpha value is -5.17. The van der Waals surface area contributed by atoms with Gasteiger partial charge in [0.25, 0.3) is 0 Å². The van der Waals surface area contributed by atoms with Gasteiger partial charge in [-0.3, -0.25) is 19.3 Å². The summed E-state index contributed by atoms with van der Waals surface area (Å²) in [6, 6.07) is 14.5.